The van der Waals surface area contributed by atoms with Gasteiger partial charge in [0, 0.05) is 12.6 Å². The molecule has 3 aromatic rings. The Morgan fingerprint density at radius 3 is 2.71 bits per heavy atom. The molecule has 1 aromatic heterocycles. The van der Waals surface area contributed by atoms with Crippen LogP contribution < -0.4 is 10.5 Å². The fraction of sp³-hybridized carbons (Fsp3) is 0.158. The molecule has 0 aliphatic carbocycles. The summed E-state index contributed by atoms with van der Waals surface area (Å²) in [6.07, 6.45) is 5.34. The molecule has 0 radical (unpaired) electrons. The Balaban J connectivity index is 2.02. The second-order valence-electron chi connectivity index (χ2n) is 6.05. The SMILES string of the molecule is C#CCN(Cc1ccc2nc(C)[nH]c(=O)c2c1)c1ccc([N+](=O)[O-])c(F)c1F. The first-order valence-electron chi connectivity index (χ1n) is 8.12. The molecule has 142 valence electrons. The molecule has 1 N–H and O–H groups in total. The number of halogens is 2. The third kappa shape index (κ3) is 3.53. The summed E-state index contributed by atoms with van der Waals surface area (Å²) in [7, 11) is 0. The van der Waals surface area contributed by atoms with Gasteiger partial charge in [-0.15, -0.1) is 6.42 Å². The summed E-state index contributed by atoms with van der Waals surface area (Å²) < 4.78 is 28.4. The van der Waals surface area contributed by atoms with E-state index in [0.29, 0.717) is 22.3 Å². The van der Waals surface area contributed by atoms with Gasteiger partial charge in [0.1, 0.15) is 5.82 Å². The minimum absolute atomic E-state index is 0.0572. The van der Waals surface area contributed by atoms with Gasteiger partial charge in [-0.1, -0.05) is 12.0 Å². The van der Waals surface area contributed by atoms with Crippen LogP contribution in [-0.2, 0) is 6.54 Å². The van der Waals surface area contributed by atoms with E-state index in [4.69, 9.17) is 6.42 Å². The lowest BCUT2D eigenvalue weighted by molar-refractivity contribution is -0.387. The number of aryl methyl sites for hydroxylation is 1. The van der Waals surface area contributed by atoms with Crippen LogP contribution >= 0.6 is 0 Å². The van der Waals surface area contributed by atoms with Gasteiger partial charge in [0.2, 0.25) is 5.82 Å². The van der Waals surface area contributed by atoms with E-state index in [9.17, 15) is 23.7 Å². The fourth-order valence-corrected chi connectivity index (χ4v) is 2.87. The van der Waals surface area contributed by atoms with Crippen LogP contribution in [0.5, 0.6) is 0 Å². The van der Waals surface area contributed by atoms with Crippen LogP contribution in [0.3, 0.4) is 0 Å². The van der Waals surface area contributed by atoms with E-state index in [1.54, 1.807) is 25.1 Å². The van der Waals surface area contributed by atoms with Gasteiger partial charge in [0.25, 0.3) is 5.56 Å². The summed E-state index contributed by atoms with van der Waals surface area (Å²) in [6.45, 7) is 1.64. The zero-order valence-electron chi connectivity index (χ0n) is 14.7. The van der Waals surface area contributed by atoms with Gasteiger partial charge in [0.05, 0.1) is 28.1 Å². The van der Waals surface area contributed by atoms with Crippen LogP contribution in [0.25, 0.3) is 10.9 Å². The minimum Gasteiger partial charge on any atom is -0.354 e. The van der Waals surface area contributed by atoms with Crippen LogP contribution in [0.1, 0.15) is 11.4 Å². The van der Waals surface area contributed by atoms with Crippen molar-refractivity contribution in [1.82, 2.24) is 9.97 Å². The average molecular weight is 384 g/mol. The van der Waals surface area contributed by atoms with Crippen molar-refractivity contribution in [2.75, 3.05) is 11.4 Å². The molecule has 28 heavy (non-hydrogen) atoms. The van der Waals surface area contributed by atoms with Crippen molar-refractivity contribution in [3.8, 4) is 12.3 Å². The molecule has 0 spiro atoms. The van der Waals surface area contributed by atoms with Crippen molar-refractivity contribution in [1.29, 1.82) is 0 Å². The highest BCUT2D eigenvalue weighted by atomic mass is 19.2. The Labute approximate surface area is 157 Å². The molecule has 0 fully saturated rings. The number of nitrogens with one attached hydrogen (secondary N) is 1. The van der Waals surface area contributed by atoms with Crippen LogP contribution in [0.15, 0.2) is 35.1 Å². The Kier molecular flexibility index (Phi) is 5.04. The van der Waals surface area contributed by atoms with E-state index < -0.39 is 22.2 Å². The number of aromatic amines is 1. The summed E-state index contributed by atoms with van der Waals surface area (Å²) in [6, 6.07) is 6.91. The molecule has 0 aliphatic rings. The lowest BCUT2D eigenvalue weighted by Crippen LogP contribution is -2.24. The van der Waals surface area contributed by atoms with Crippen LogP contribution in [0.2, 0.25) is 0 Å². The molecular formula is C19H14F2N4O3. The van der Waals surface area contributed by atoms with E-state index in [1.165, 1.54) is 4.90 Å². The molecule has 9 heteroatoms. The zero-order chi connectivity index (χ0) is 20.4. The largest absolute Gasteiger partial charge is 0.354 e. The van der Waals surface area contributed by atoms with Crippen LogP contribution in [-0.4, -0.2) is 21.4 Å². The van der Waals surface area contributed by atoms with Gasteiger partial charge < -0.3 is 9.88 Å². The minimum atomic E-state index is -1.56. The number of rotatable bonds is 5. The molecule has 0 unspecified atom stereocenters. The highest BCUT2D eigenvalue weighted by Crippen LogP contribution is 2.29. The van der Waals surface area contributed by atoms with E-state index in [0.717, 1.165) is 12.1 Å². The first kappa shape index (κ1) is 19.0. The number of aromatic nitrogens is 2. The van der Waals surface area contributed by atoms with Crippen LogP contribution in [0.4, 0.5) is 20.2 Å². The summed E-state index contributed by atoms with van der Waals surface area (Å²) in [4.78, 5) is 30.1. The van der Waals surface area contributed by atoms with Gasteiger partial charge in [0.15, 0.2) is 5.82 Å². The van der Waals surface area contributed by atoms with E-state index >= 15 is 0 Å². The maximum absolute atomic E-state index is 14.4. The fourth-order valence-electron chi connectivity index (χ4n) is 2.87. The van der Waals surface area contributed by atoms with Gasteiger partial charge in [-0.25, -0.2) is 9.37 Å². The highest BCUT2D eigenvalue weighted by Gasteiger charge is 2.24. The van der Waals surface area contributed by atoms with E-state index in [1.807, 2.05) is 0 Å². The molecule has 0 aliphatic heterocycles. The molecule has 0 saturated carbocycles. The number of benzene rings is 2. The zero-order valence-corrected chi connectivity index (χ0v) is 14.7. The molecular weight excluding hydrogens is 370 g/mol. The summed E-state index contributed by atoms with van der Waals surface area (Å²) in [5.41, 5.74) is -0.379. The number of terminal acetylenes is 1. The second-order valence-corrected chi connectivity index (χ2v) is 6.05. The molecule has 0 saturated heterocycles. The van der Waals surface area contributed by atoms with E-state index in [-0.39, 0.29) is 24.3 Å². The normalized spacial score (nSPS) is 10.6. The molecule has 7 nitrogen and oxygen atoms in total. The van der Waals surface area contributed by atoms with Gasteiger partial charge in [-0.3, -0.25) is 14.9 Å². The van der Waals surface area contributed by atoms with Crippen molar-refractivity contribution in [3.05, 3.63) is 73.8 Å². The lowest BCUT2D eigenvalue weighted by Gasteiger charge is -2.23. The molecule has 2 aromatic carbocycles. The quantitative estimate of drug-likeness (QED) is 0.415. The topological polar surface area (TPSA) is 92.1 Å². The Hall–Kier alpha value is -3.80. The van der Waals surface area contributed by atoms with Gasteiger partial charge in [-0.2, -0.15) is 4.39 Å². The number of nitro groups is 1. The summed E-state index contributed by atoms with van der Waals surface area (Å²) >= 11 is 0. The van der Waals surface area contributed by atoms with Crippen molar-refractivity contribution in [2.24, 2.45) is 0 Å². The number of anilines is 1. The van der Waals surface area contributed by atoms with Crippen molar-refractivity contribution in [2.45, 2.75) is 13.5 Å². The molecule has 0 amide bonds. The Morgan fingerprint density at radius 1 is 1.29 bits per heavy atom. The van der Waals surface area contributed by atoms with Gasteiger partial charge >= 0.3 is 5.69 Å². The Morgan fingerprint density at radius 2 is 2.04 bits per heavy atom. The number of fused-ring (bicyclic) bond motifs is 1. The number of nitrogens with zero attached hydrogens (tertiary/aromatic N) is 3. The van der Waals surface area contributed by atoms with Crippen LogP contribution in [0, 0.1) is 41.0 Å². The molecule has 0 atom stereocenters. The predicted molar refractivity (Wildman–Crippen MR) is 100.0 cm³/mol. The first-order valence-corrected chi connectivity index (χ1v) is 8.12. The predicted octanol–water partition coefficient (Wildman–Crippen LogP) is 3.06. The highest BCUT2D eigenvalue weighted by molar-refractivity contribution is 5.78. The number of H-pyrrole nitrogens is 1. The third-order valence-corrected chi connectivity index (χ3v) is 4.12. The standard InChI is InChI=1S/C19H14F2N4O3/c1-3-8-24(15-6-7-16(25(27)28)18(21)17(15)20)10-12-4-5-14-13(9-12)19(26)23-11(2)22-14/h1,4-7,9H,8,10H2,2H3,(H,22,23,26). The first-order chi connectivity index (χ1) is 13.3. The van der Waals surface area contributed by atoms with Gasteiger partial charge in [-0.05, 0) is 30.7 Å². The second kappa shape index (κ2) is 7.44. The average Bonchev–Trinajstić information content (AvgIpc) is 2.63. The van der Waals surface area contributed by atoms with Crippen molar-refractivity contribution in [3.63, 3.8) is 0 Å². The van der Waals surface area contributed by atoms with Crippen molar-refractivity contribution < 1.29 is 13.7 Å². The molecule has 0 bridgehead atoms. The third-order valence-electron chi connectivity index (χ3n) is 4.12. The maximum Gasteiger partial charge on any atom is 0.308 e. The maximum atomic E-state index is 14.4. The summed E-state index contributed by atoms with van der Waals surface area (Å²) in [5, 5.41) is 11.1. The number of nitro benzene ring substituents is 1. The monoisotopic (exact) mass is 384 g/mol. The molecule has 1 heterocycles. The van der Waals surface area contributed by atoms with E-state index in [2.05, 4.69) is 15.9 Å². The van der Waals surface area contributed by atoms with Crippen molar-refractivity contribution >= 4 is 22.3 Å². The lowest BCUT2D eigenvalue weighted by atomic mass is 10.1. The summed E-state index contributed by atoms with van der Waals surface area (Å²) in [5.74, 6) is -0.0931. The number of hydrogen-bond donors (Lipinski definition) is 1. The smallest absolute Gasteiger partial charge is 0.308 e. The Bertz CT molecular complexity index is 1180. The molecule has 3 rings (SSSR count). The number of hydrogen-bond acceptors (Lipinski definition) is 5.